The first-order chi connectivity index (χ1) is 12.6. The first-order valence-electron chi connectivity index (χ1n) is 8.78. The minimum Gasteiger partial charge on any atom is -0.380 e. The summed E-state index contributed by atoms with van der Waals surface area (Å²) in [5.41, 5.74) is 1.86. The molecule has 1 aliphatic heterocycles. The van der Waals surface area contributed by atoms with Gasteiger partial charge in [-0.2, -0.15) is 5.10 Å². The maximum absolute atomic E-state index is 11.3. The van der Waals surface area contributed by atoms with Crippen molar-refractivity contribution in [3.63, 3.8) is 0 Å². The maximum atomic E-state index is 11.3. The van der Waals surface area contributed by atoms with Gasteiger partial charge in [0.1, 0.15) is 5.82 Å². The fourth-order valence-corrected chi connectivity index (χ4v) is 3.46. The molecular formula is C19H21N5O2. The van der Waals surface area contributed by atoms with Crippen molar-refractivity contribution in [3.05, 3.63) is 42.4 Å². The van der Waals surface area contributed by atoms with Crippen molar-refractivity contribution in [2.45, 2.75) is 32.1 Å². The molecule has 1 amide bonds. The normalized spacial score (nSPS) is 19.8. The van der Waals surface area contributed by atoms with Gasteiger partial charge in [-0.3, -0.25) is 4.79 Å². The molecule has 7 nitrogen and oxygen atoms in total. The van der Waals surface area contributed by atoms with Crippen LogP contribution in [0.1, 0.15) is 32.4 Å². The predicted octanol–water partition coefficient (Wildman–Crippen LogP) is 2.84. The van der Waals surface area contributed by atoms with E-state index in [-0.39, 0.29) is 11.3 Å². The third-order valence-electron chi connectivity index (χ3n) is 5.03. The first kappa shape index (κ1) is 16.7. The van der Waals surface area contributed by atoms with E-state index in [1.807, 2.05) is 18.2 Å². The number of hydrogen-bond acceptors (Lipinski definition) is 5. The molecule has 1 saturated heterocycles. The lowest BCUT2D eigenvalue weighted by molar-refractivity contribution is -0.114. The molecular weight excluding hydrogens is 330 g/mol. The Hall–Kier alpha value is -2.80. The van der Waals surface area contributed by atoms with Crippen molar-refractivity contribution in [1.82, 2.24) is 19.7 Å². The lowest BCUT2D eigenvalue weighted by atomic mass is 9.81. The van der Waals surface area contributed by atoms with Crippen LogP contribution < -0.4 is 5.32 Å². The predicted molar refractivity (Wildman–Crippen MR) is 98.4 cm³/mol. The van der Waals surface area contributed by atoms with Gasteiger partial charge in [-0.15, -0.1) is 0 Å². The van der Waals surface area contributed by atoms with Gasteiger partial charge < -0.3 is 10.1 Å². The molecule has 4 heterocycles. The second-order valence-corrected chi connectivity index (χ2v) is 6.68. The lowest BCUT2D eigenvalue weighted by Gasteiger charge is -2.25. The van der Waals surface area contributed by atoms with E-state index in [1.54, 1.807) is 17.1 Å². The number of fused-ring (bicyclic) bond motifs is 1. The Morgan fingerprint density at radius 3 is 3.00 bits per heavy atom. The minimum absolute atomic E-state index is 0.0259. The zero-order valence-corrected chi connectivity index (χ0v) is 14.9. The average molecular weight is 351 g/mol. The average Bonchev–Trinajstić information content (AvgIpc) is 3.29. The summed E-state index contributed by atoms with van der Waals surface area (Å²) in [6, 6.07) is 7.83. The number of hydrogen-bond donors (Lipinski definition) is 1. The van der Waals surface area contributed by atoms with Gasteiger partial charge in [0.15, 0.2) is 5.82 Å². The SMILES string of the molecule is CCC1(c2cccc(-n3ncc4cnc(NC(C)=O)cc43)n2)CCOC1. The van der Waals surface area contributed by atoms with Gasteiger partial charge in [-0.1, -0.05) is 13.0 Å². The molecule has 0 aliphatic carbocycles. The smallest absolute Gasteiger partial charge is 0.222 e. The third kappa shape index (κ3) is 2.84. The number of nitrogens with zero attached hydrogens (tertiary/aromatic N) is 4. The molecule has 0 aromatic carbocycles. The molecule has 134 valence electrons. The quantitative estimate of drug-likeness (QED) is 0.781. The number of pyridine rings is 2. The zero-order chi connectivity index (χ0) is 18.1. The number of anilines is 1. The van der Waals surface area contributed by atoms with Crippen LogP contribution in [0, 0.1) is 0 Å². The number of carbonyl (C=O) groups excluding carboxylic acids is 1. The number of carbonyl (C=O) groups is 1. The van der Waals surface area contributed by atoms with Crippen LogP contribution in [0.25, 0.3) is 16.7 Å². The van der Waals surface area contributed by atoms with E-state index in [1.165, 1.54) is 6.92 Å². The summed E-state index contributed by atoms with van der Waals surface area (Å²) >= 11 is 0. The highest BCUT2D eigenvalue weighted by molar-refractivity contribution is 5.90. The van der Waals surface area contributed by atoms with Crippen molar-refractivity contribution >= 4 is 22.6 Å². The Balaban J connectivity index is 1.78. The number of amides is 1. The largest absolute Gasteiger partial charge is 0.380 e. The van der Waals surface area contributed by atoms with E-state index < -0.39 is 0 Å². The van der Waals surface area contributed by atoms with Gasteiger partial charge in [-0.25, -0.2) is 14.6 Å². The number of nitrogens with one attached hydrogen (secondary N) is 1. The fourth-order valence-electron chi connectivity index (χ4n) is 3.46. The summed E-state index contributed by atoms with van der Waals surface area (Å²) in [7, 11) is 0. The van der Waals surface area contributed by atoms with Gasteiger partial charge in [0, 0.05) is 36.6 Å². The van der Waals surface area contributed by atoms with Crippen molar-refractivity contribution in [1.29, 1.82) is 0 Å². The van der Waals surface area contributed by atoms with Crippen LogP contribution in [-0.2, 0) is 14.9 Å². The molecule has 1 fully saturated rings. The Labute approximate surface area is 151 Å². The molecule has 0 radical (unpaired) electrons. The summed E-state index contributed by atoms with van der Waals surface area (Å²) in [6.45, 7) is 5.12. The van der Waals surface area contributed by atoms with Gasteiger partial charge in [0.05, 0.1) is 24.0 Å². The van der Waals surface area contributed by atoms with Gasteiger partial charge in [0.25, 0.3) is 0 Å². The molecule has 26 heavy (non-hydrogen) atoms. The topological polar surface area (TPSA) is 81.9 Å². The van der Waals surface area contributed by atoms with Crippen LogP contribution in [0.2, 0.25) is 0 Å². The zero-order valence-electron chi connectivity index (χ0n) is 14.9. The van der Waals surface area contributed by atoms with E-state index in [0.717, 1.165) is 41.9 Å². The first-order valence-corrected chi connectivity index (χ1v) is 8.78. The number of ether oxygens (including phenoxy) is 1. The van der Waals surface area contributed by atoms with Crippen LogP contribution >= 0.6 is 0 Å². The van der Waals surface area contributed by atoms with E-state index in [0.29, 0.717) is 12.4 Å². The van der Waals surface area contributed by atoms with Crippen LogP contribution in [0.15, 0.2) is 36.7 Å². The van der Waals surface area contributed by atoms with Crippen molar-refractivity contribution in [2.75, 3.05) is 18.5 Å². The molecule has 0 bridgehead atoms. The molecule has 0 saturated carbocycles. The van der Waals surface area contributed by atoms with Crippen LogP contribution in [0.5, 0.6) is 0 Å². The maximum Gasteiger partial charge on any atom is 0.222 e. The summed E-state index contributed by atoms with van der Waals surface area (Å²) in [5.74, 6) is 1.09. The van der Waals surface area contributed by atoms with Crippen LogP contribution in [0.4, 0.5) is 5.82 Å². The van der Waals surface area contributed by atoms with Crippen molar-refractivity contribution in [3.8, 4) is 5.82 Å². The Morgan fingerprint density at radius 1 is 1.38 bits per heavy atom. The fraction of sp³-hybridized carbons (Fsp3) is 0.368. The summed E-state index contributed by atoms with van der Waals surface area (Å²) in [6.07, 6.45) is 5.42. The molecule has 4 rings (SSSR count). The molecule has 1 N–H and O–H groups in total. The molecule has 0 spiro atoms. The van der Waals surface area contributed by atoms with Crippen LogP contribution in [0.3, 0.4) is 0 Å². The van der Waals surface area contributed by atoms with E-state index in [4.69, 9.17) is 9.72 Å². The Kier molecular flexibility index (Phi) is 4.16. The number of aromatic nitrogens is 4. The molecule has 1 aliphatic rings. The summed E-state index contributed by atoms with van der Waals surface area (Å²) in [4.78, 5) is 20.4. The third-order valence-corrected chi connectivity index (χ3v) is 5.03. The molecule has 3 aromatic heterocycles. The van der Waals surface area contributed by atoms with E-state index in [9.17, 15) is 4.79 Å². The highest BCUT2D eigenvalue weighted by Gasteiger charge is 2.36. The highest BCUT2D eigenvalue weighted by Crippen LogP contribution is 2.35. The standard InChI is InChI=1S/C19H21N5O2/c1-3-19(7-8-26-12-19)16-5-4-6-18(23-16)24-15-9-17(22-13(2)25)20-10-14(15)11-21-24/h4-6,9-11H,3,7-8,12H2,1-2H3,(H,20,22,25). The van der Waals surface area contributed by atoms with E-state index in [2.05, 4.69) is 28.4 Å². The van der Waals surface area contributed by atoms with Crippen LogP contribution in [-0.4, -0.2) is 38.9 Å². The van der Waals surface area contributed by atoms with Gasteiger partial charge >= 0.3 is 0 Å². The van der Waals surface area contributed by atoms with Crippen molar-refractivity contribution < 1.29 is 9.53 Å². The second-order valence-electron chi connectivity index (χ2n) is 6.68. The summed E-state index contributed by atoms with van der Waals surface area (Å²) in [5, 5.41) is 8.07. The second kappa shape index (κ2) is 6.49. The lowest BCUT2D eigenvalue weighted by Crippen LogP contribution is -2.27. The minimum atomic E-state index is -0.158. The number of rotatable bonds is 4. The van der Waals surface area contributed by atoms with Gasteiger partial charge in [0.2, 0.25) is 5.91 Å². The summed E-state index contributed by atoms with van der Waals surface area (Å²) < 4.78 is 7.43. The molecule has 7 heteroatoms. The van der Waals surface area contributed by atoms with E-state index >= 15 is 0 Å². The monoisotopic (exact) mass is 351 g/mol. The highest BCUT2D eigenvalue weighted by atomic mass is 16.5. The molecule has 1 unspecified atom stereocenters. The molecule has 3 aromatic rings. The Morgan fingerprint density at radius 2 is 2.27 bits per heavy atom. The Bertz CT molecular complexity index is 959. The van der Waals surface area contributed by atoms with Crippen molar-refractivity contribution in [2.24, 2.45) is 0 Å². The van der Waals surface area contributed by atoms with Gasteiger partial charge in [-0.05, 0) is 25.0 Å². The molecule has 1 atom stereocenters.